The van der Waals surface area contributed by atoms with Gasteiger partial charge in [0.1, 0.15) is 0 Å². The molecule has 2 N–H and O–H groups in total. The summed E-state index contributed by atoms with van der Waals surface area (Å²) in [5.41, 5.74) is 2.67. The maximum Gasteiger partial charge on any atom is 0.338 e. The van der Waals surface area contributed by atoms with Crippen molar-refractivity contribution in [1.82, 2.24) is 15.0 Å². The molecule has 7 nitrogen and oxygen atoms in total. The van der Waals surface area contributed by atoms with Crippen molar-refractivity contribution >= 4 is 39.4 Å². The average molecular weight is 316 g/mol. The number of H-pyrrole nitrogens is 1. The zero-order valence-electron chi connectivity index (χ0n) is 11.6. The number of aryl methyl sites for hydroxylation is 1. The number of aromatic nitrogens is 3. The lowest BCUT2D eigenvalue weighted by Gasteiger charge is -2.04. The van der Waals surface area contributed by atoms with E-state index in [-0.39, 0.29) is 6.61 Å². The first-order valence-corrected chi connectivity index (χ1v) is 7.32. The molecule has 0 unspecified atom stereocenters. The summed E-state index contributed by atoms with van der Waals surface area (Å²) < 4.78 is 4.99. The predicted octanol–water partition coefficient (Wildman–Crippen LogP) is 2.12. The molecule has 0 radical (unpaired) electrons. The molecular formula is C14H12N4O3S. The molecule has 3 rings (SSSR count). The van der Waals surface area contributed by atoms with E-state index in [0.29, 0.717) is 10.7 Å². The second kappa shape index (κ2) is 5.94. The molecule has 1 aromatic carbocycles. The van der Waals surface area contributed by atoms with Crippen LogP contribution in [0.3, 0.4) is 0 Å². The normalized spacial score (nSPS) is 10.6. The van der Waals surface area contributed by atoms with Crippen molar-refractivity contribution in [3.8, 4) is 0 Å². The highest BCUT2D eigenvalue weighted by atomic mass is 32.1. The van der Waals surface area contributed by atoms with Crippen LogP contribution in [0.2, 0.25) is 0 Å². The molecule has 0 aliphatic rings. The molecule has 2 aromatic heterocycles. The lowest BCUT2D eigenvalue weighted by molar-refractivity contribution is -0.119. The van der Waals surface area contributed by atoms with E-state index in [4.69, 9.17) is 4.74 Å². The maximum atomic E-state index is 11.9. The summed E-state index contributed by atoms with van der Waals surface area (Å²) >= 11 is 1.32. The SMILES string of the molecule is Cc1csc(NC(=O)COC(=O)c2ccc3nc[nH]c3c2)n1. The summed E-state index contributed by atoms with van der Waals surface area (Å²) in [5, 5.41) is 4.87. The molecule has 1 amide bonds. The van der Waals surface area contributed by atoms with Gasteiger partial charge in [-0.05, 0) is 25.1 Å². The first kappa shape index (κ1) is 14.2. The second-order valence-electron chi connectivity index (χ2n) is 4.55. The molecule has 0 atom stereocenters. The number of carbonyl (C=O) groups is 2. The van der Waals surface area contributed by atoms with Gasteiger partial charge in [-0.2, -0.15) is 0 Å². The number of hydrogen-bond acceptors (Lipinski definition) is 6. The lowest BCUT2D eigenvalue weighted by atomic mass is 10.2. The van der Waals surface area contributed by atoms with Gasteiger partial charge < -0.3 is 9.72 Å². The number of benzene rings is 1. The van der Waals surface area contributed by atoms with Crippen molar-refractivity contribution in [1.29, 1.82) is 0 Å². The fourth-order valence-corrected chi connectivity index (χ4v) is 2.55. The second-order valence-corrected chi connectivity index (χ2v) is 5.41. The number of ether oxygens (including phenoxy) is 1. The Morgan fingerprint density at radius 2 is 2.27 bits per heavy atom. The zero-order chi connectivity index (χ0) is 15.5. The lowest BCUT2D eigenvalue weighted by Crippen LogP contribution is -2.20. The topological polar surface area (TPSA) is 97.0 Å². The highest BCUT2D eigenvalue weighted by molar-refractivity contribution is 7.13. The van der Waals surface area contributed by atoms with Gasteiger partial charge in [0.15, 0.2) is 11.7 Å². The van der Waals surface area contributed by atoms with Crippen molar-refractivity contribution < 1.29 is 14.3 Å². The van der Waals surface area contributed by atoms with Crippen LogP contribution in [0.5, 0.6) is 0 Å². The number of amides is 1. The predicted molar refractivity (Wildman–Crippen MR) is 81.9 cm³/mol. The Labute approximate surface area is 129 Å². The highest BCUT2D eigenvalue weighted by Crippen LogP contribution is 2.15. The van der Waals surface area contributed by atoms with Gasteiger partial charge in [0.2, 0.25) is 0 Å². The molecule has 22 heavy (non-hydrogen) atoms. The van der Waals surface area contributed by atoms with Crippen LogP contribution >= 0.6 is 11.3 Å². The van der Waals surface area contributed by atoms with Crippen molar-refractivity contribution in [2.24, 2.45) is 0 Å². The Morgan fingerprint density at radius 3 is 3.05 bits per heavy atom. The largest absolute Gasteiger partial charge is 0.452 e. The summed E-state index contributed by atoms with van der Waals surface area (Å²) in [5.74, 6) is -0.993. The zero-order valence-corrected chi connectivity index (χ0v) is 12.4. The van der Waals surface area contributed by atoms with E-state index < -0.39 is 11.9 Å². The number of thiazole rings is 1. The molecular weight excluding hydrogens is 304 g/mol. The van der Waals surface area contributed by atoms with E-state index in [1.807, 2.05) is 12.3 Å². The van der Waals surface area contributed by atoms with Gasteiger partial charge >= 0.3 is 5.97 Å². The molecule has 0 saturated carbocycles. The quantitative estimate of drug-likeness (QED) is 0.719. The molecule has 112 valence electrons. The van der Waals surface area contributed by atoms with E-state index in [9.17, 15) is 9.59 Å². The van der Waals surface area contributed by atoms with Crippen molar-refractivity contribution in [2.75, 3.05) is 11.9 Å². The summed E-state index contributed by atoms with van der Waals surface area (Å²) in [7, 11) is 0. The van der Waals surface area contributed by atoms with Gasteiger partial charge in [0.25, 0.3) is 5.91 Å². The van der Waals surface area contributed by atoms with Gasteiger partial charge in [-0.1, -0.05) is 0 Å². The standard InChI is InChI=1S/C14H12N4O3S/c1-8-6-22-14(17-8)18-12(19)5-21-13(20)9-2-3-10-11(4-9)16-7-15-10/h2-4,6-7H,5H2,1H3,(H,15,16)(H,17,18,19). The summed E-state index contributed by atoms with van der Waals surface area (Å²) in [6.45, 7) is 1.47. The van der Waals surface area contributed by atoms with Crippen LogP contribution in [0.1, 0.15) is 16.1 Å². The van der Waals surface area contributed by atoms with E-state index in [2.05, 4.69) is 20.3 Å². The van der Waals surface area contributed by atoms with Crippen molar-refractivity contribution in [2.45, 2.75) is 6.92 Å². The number of imidazole rings is 1. The Bertz CT molecular complexity index is 839. The molecule has 3 aromatic rings. The van der Waals surface area contributed by atoms with Crippen LogP contribution in [-0.4, -0.2) is 33.4 Å². The fraction of sp³-hybridized carbons (Fsp3) is 0.143. The highest BCUT2D eigenvalue weighted by Gasteiger charge is 2.12. The van der Waals surface area contributed by atoms with Crippen LogP contribution in [0.4, 0.5) is 5.13 Å². The molecule has 0 aliphatic carbocycles. The third-order valence-corrected chi connectivity index (χ3v) is 3.73. The Kier molecular flexibility index (Phi) is 3.84. The minimum absolute atomic E-state index is 0.356. The Hall–Kier alpha value is -2.74. The number of nitrogens with zero attached hydrogens (tertiary/aromatic N) is 2. The minimum Gasteiger partial charge on any atom is -0.452 e. The maximum absolute atomic E-state index is 11.9. The average Bonchev–Trinajstić information content (AvgIpc) is 3.12. The van der Waals surface area contributed by atoms with Crippen molar-refractivity contribution in [3.05, 3.63) is 41.2 Å². The van der Waals surface area contributed by atoms with Gasteiger partial charge in [-0.25, -0.2) is 14.8 Å². The summed E-state index contributed by atoms with van der Waals surface area (Å²) in [6.07, 6.45) is 1.54. The van der Waals surface area contributed by atoms with Gasteiger partial charge in [-0.15, -0.1) is 11.3 Å². The fourth-order valence-electron chi connectivity index (χ4n) is 1.84. The number of hydrogen-bond donors (Lipinski definition) is 2. The molecule has 0 spiro atoms. The van der Waals surface area contributed by atoms with Crippen LogP contribution in [-0.2, 0) is 9.53 Å². The number of carbonyl (C=O) groups excluding carboxylic acids is 2. The van der Waals surface area contributed by atoms with Gasteiger partial charge in [0, 0.05) is 5.38 Å². The Balaban J connectivity index is 1.58. The molecule has 2 heterocycles. The monoisotopic (exact) mass is 316 g/mol. The van der Waals surface area contributed by atoms with Crippen LogP contribution in [0, 0.1) is 6.92 Å². The van der Waals surface area contributed by atoms with E-state index in [0.717, 1.165) is 16.7 Å². The summed E-state index contributed by atoms with van der Waals surface area (Å²) in [6, 6.07) is 4.95. The summed E-state index contributed by atoms with van der Waals surface area (Å²) in [4.78, 5) is 34.7. The van der Waals surface area contributed by atoms with Gasteiger partial charge in [0.05, 0.1) is 28.6 Å². The molecule has 8 heteroatoms. The van der Waals surface area contributed by atoms with E-state index in [1.165, 1.54) is 11.3 Å². The number of esters is 1. The smallest absolute Gasteiger partial charge is 0.338 e. The molecule has 0 saturated heterocycles. The van der Waals surface area contributed by atoms with E-state index in [1.54, 1.807) is 24.5 Å². The van der Waals surface area contributed by atoms with E-state index >= 15 is 0 Å². The third-order valence-electron chi connectivity index (χ3n) is 2.86. The number of aromatic amines is 1. The van der Waals surface area contributed by atoms with Crippen LogP contribution in [0.15, 0.2) is 29.9 Å². The third kappa shape index (κ3) is 3.12. The first-order chi connectivity index (χ1) is 10.6. The molecule has 0 fully saturated rings. The molecule has 0 aliphatic heterocycles. The first-order valence-electron chi connectivity index (χ1n) is 6.44. The number of fused-ring (bicyclic) bond motifs is 1. The van der Waals surface area contributed by atoms with Crippen molar-refractivity contribution in [3.63, 3.8) is 0 Å². The minimum atomic E-state index is -0.568. The molecule has 0 bridgehead atoms. The van der Waals surface area contributed by atoms with Gasteiger partial charge in [-0.3, -0.25) is 10.1 Å². The Morgan fingerprint density at radius 1 is 1.41 bits per heavy atom. The number of nitrogens with one attached hydrogen (secondary N) is 2. The number of rotatable bonds is 4. The van der Waals surface area contributed by atoms with Crippen LogP contribution < -0.4 is 5.32 Å². The number of anilines is 1. The van der Waals surface area contributed by atoms with Crippen LogP contribution in [0.25, 0.3) is 11.0 Å².